The van der Waals surface area contributed by atoms with Crippen molar-refractivity contribution < 1.29 is 9.90 Å². The molecule has 0 unspecified atom stereocenters. The van der Waals surface area contributed by atoms with Crippen LogP contribution in [0.2, 0.25) is 0 Å². The molecule has 0 aromatic carbocycles. The Kier molecular flexibility index (Phi) is 2.99. The maximum Gasteiger partial charge on any atom is 0.306 e. The minimum atomic E-state index is -0.604. The smallest absolute Gasteiger partial charge is 0.306 e. The Morgan fingerprint density at radius 1 is 1.15 bits per heavy atom. The molecule has 0 amide bonds. The first-order chi connectivity index (χ1) is 5.91. The summed E-state index contributed by atoms with van der Waals surface area (Å²) in [6.45, 7) is 6.75. The normalized spacial score (nSPS) is 30.1. The number of aliphatic carboxylic acids is 1. The number of rotatable bonds is 1. The van der Waals surface area contributed by atoms with Gasteiger partial charge in [-0.1, -0.05) is 20.8 Å². The minimum Gasteiger partial charge on any atom is -0.481 e. The van der Waals surface area contributed by atoms with E-state index in [9.17, 15) is 4.79 Å². The van der Waals surface area contributed by atoms with E-state index in [1.165, 1.54) is 0 Å². The molecule has 0 atom stereocenters. The van der Waals surface area contributed by atoms with Gasteiger partial charge in [0.15, 0.2) is 0 Å². The summed E-state index contributed by atoms with van der Waals surface area (Å²) in [5.74, 6) is 0.0362. The van der Waals surface area contributed by atoms with Gasteiger partial charge < -0.3 is 5.11 Å². The van der Waals surface area contributed by atoms with E-state index in [0.717, 1.165) is 25.7 Å². The van der Waals surface area contributed by atoms with Gasteiger partial charge in [-0.05, 0) is 37.0 Å². The minimum absolute atomic E-state index is 0.0707. The van der Waals surface area contributed by atoms with Gasteiger partial charge >= 0.3 is 5.97 Å². The van der Waals surface area contributed by atoms with Gasteiger partial charge in [-0.2, -0.15) is 0 Å². The third-order valence-corrected chi connectivity index (χ3v) is 3.30. The quantitative estimate of drug-likeness (QED) is 0.680. The van der Waals surface area contributed by atoms with Crippen molar-refractivity contribution in [3.63, 3.8) is 0 Å². The summed E-state index contributed by atoms with van der Waals surface area (Å²) in [5, 5.41) is 8.83. The van der Waals surface area contributed by atoms with Crippen LogP contribution in [0, 0.1) is 17.3 Å². The highest BCUT2D eigenvalue weighted by molar-refractivity contribution is 5.69. The van der Waals surface area contributed by atoms with Crippen LogP contribution in [0.15, 0.2) is 0 Å². The monoisotopic (exact) mass is 184 g/mol. The van der Waals surface area contributed by atoms with Crippen LogP contribution in [0.1, 0.15) is 46.5 Å². The van der Waals surface area contributed by atoms with Crippen molar-refractivity contribution >= 4 is 5.97 Å². The van der Waals surface area contributed by atoms with Gasteiger partial charge in [0, 0.05) is 0 Å². The van der Waals surface area contributed by atoms with Crippen LogP contribution in [-0.2, 0) is 4.79 Å². The molecule has 0 spiro atoms. The molecule has 1 aliphatic carbocycles. The Morgan fingerprint density at radius 2 is 1.62 bits per heavy atom. The van der Waals surface area contributed by atoms with Gasteiger partial charge in [0.05, 0.1) is 5.92 Å². The molecule has 0 aromatic heterocycles. The Balaban J connectivity index is 2.44. The van der Waals surface area contributed by atoms with Crippen molar-refractivity contribution in [2.24, 2.45) is 17.3 Å². The molecule has 0 aromatic rings. The lowest BCUT2D eigenvalue weighted by atomic mass is 9.70. The second-order valence-electron chi connectivity index (χ2n) is 5.25. The highest BCUT2D eigenvalue weighted by Crippen LogP contribution is 2.39. The van der Waals surface area contributed by atoms with Crippen LogP contribution in [0.5, 0.6) is 0 Å². The van der Waals surface area contributed by atoms with Crippen LogP contribution in [0.3, 0.4) is 0 Å². The Hall–Kier alpha value is -0.530. The average Bonchev–Trinajstić information content (AvgIpc) is 2.03. The highest BCUT2D eigenvalue weighted by Gasteiger charge is 2.31. The average molecular weight is 184 g/mol. The SMILES string of the molecule is CC(C)(C)[C@H]1CC[C@H](C(=O)O)CC1. The Labute approximate surface area is 80.3 Å². The van der Waals surface area contributed by atoms with Crippen molar-refractivity contribution in [2.45, 2.75) is 46.5 Å². The predicted molar refractivity (Wildman–Crippen MR) is 52.5 cm³/mol. The molecule has 0 saturated heterocycles. The molecule has 1 saturated carbocycles. The number of hydrogen-bond donors (Lipinski definition) is 1. The topological polar surface area (TPSA) is 37.3 Å². The van der Waals surface area contributed by atoms with Crippen molar-refractivity contribution in [1.29, 1.82) is 0 Å². The molecule has 0 heterocycles. The summed E-state index contributed by atoms with van der Waals surface area (Å²) < 4.78 is 0. The Morgan fingerprint density at radius 3 is 1.92 bits per heavy atom. The fourth-order valence-corrected chi connectivity index (χ4v) is 2.21. The van der Waals surface area contributed by atoms with Crippen molar-refractivity contribution in [2.75, 3.05) is 0 Å². The number of carboxylic acid groups (broad SMARTS) is 1. The molecule has 1 aliphatic rings. The largest absolute Gasteiger partial charge is 0.481 e. The number of carbonyl (C=O) groups is 1. The summed E-state index contributed by atoms with van der Waals surface area (Å²) in [6.07, 6.45) is 3.91. The maximum absolute atomic E-state index is 10.7. The van der Waals surface area contributed by atoms with E-state index in [0.29, 0.717) is 11.3 Å². The molecule has 0 aliphatic heterocycles. The molecular formula is C11H20O2. The van der Waals surface area contributed by atoms with Gasteiger partial charge in [0.1, 0.15) is 0 Å². The summed E-state index contributed by atoms with van der Waals surface area (Å²) in [6, 6.07) is 0. The van der Waals surface area contributed by atoms with E-state index in [2.05, 4.69) is 20.8 Å². The summed E-state index contributed by atoms with van der Waals surface area (Å²) in [5.41, 5.74) is 0.351. The first kappa shape index (κ1) is 10.6. The van der Waals surface area contributed by atoms with E-state index < -0.39 is 5.97 Å². The zero-order valence-corrected chi connectivity index (χ0v) is 8.84. The fraction of sp³-hybridized carbons (Fsp3) is 0.909. The van der Waals surface area contributed by atoms with Crippen molar-refractivity contribution in [3.05, 3.63) is 0 Å². The fourth-order valence-electron chi connectivity index (χ4n) is 2.21. The predicted octanol–water partition coefficient (Wildman–Crippen LogP) is 2.92. The van der Waals surface area contributed by atoms with Crippen LogP contribution in [0.25, 0.3) is 0 Å². The maximum atomic E-state index is 10.7. The van der Waals surface area contributed by atoms with Gasteiger partial charge in [0.25, 0.3) is 0 Å². The molecule has 1 rings (SSSR count). The van der Waals surface area contributed by atoms with Crippen LogP contribution >= 0.6 is 0 Å². The highest BCUT2D eigenvalue weighted by atomic mass is 16.4. The first-order valence-corrected chi connectivity index (χ1v) is 5.14. The standard InChI is InChI=1S/C11H20O2/c1-11(2,3)9-6-4-8(5-7-9)10(12)13/h8-9H,4-7H2,1-3H3,(H,12,13)/t8-,9-. The van der Waals surface area contributed by atoms with Crippen LogP contribution in [-0.4, -0.2) is 11.1 Å². The van der Waals surface area contributed by atoms with E-state index in [4.69, 9.17) is 5.11 Å². The van der Waals surface area contributed by atoms with E-state index in [1.54, 1.807) is 0 Å². The third-order valence-electron chi connectivity index (χ3n) is 3.30. The van der Waals surface area contributed by atoms with Gasteiger partial charge in [-0.25, -0.2) is 0 Å². The van der Waals surface area contributed by atoms with E-state index in [1.807, 2.05) is 0 Å². The lowest BCUT2D eigenvalue weighted by molar-refractivity contribution is -0.143. The molecule has 76 valence electrons. The first-order valence-electron chi connectivity index (χ1n) is 5.14. The van der Waals surface area contributed by atoms with Gasteiger partial charge in [-0.15, -0.1) is 0 Å². The lowest BCUT2D eigenvalue weighted by Crippen LogP contribution is -2.28. The lowest BCUT2D eigenvalue weighted by Gasteiger charge is -2.35. The summed E-state index contributed by atoms with van der Waals surface area (Å²) in [7, 11) is 0. The molecule has 2 nitrogen and oxygen atoms in total. The zero-order valence-electron chi connectivity index (χ0n) is 8.84. The molecule has 1 fully saturated rings. The second-order valence-corrected chi connectivity index (χ2v) is 5.25. The van der Waals surface area contributed by atoms with Crippen LogP contribution < -0.4 is 0 Å². The second kappa shape index (κ2) is 3.69. The number of hydrogen-bond acceptors (Lipinski definition) is 1. The van der Waals surface area contributed by atoms with E-state index >= 15 is 0 Å². The van der Waals surface area contributed by atoms with Crippen molar-refractivity contribution in [1.82, 2.24) is 0 Å². The molecule has 13 heavy (non-hydrogen) atoms. The summed E-state index contributed by atoms with van der Waals surface area (Å²) >= 11 is 0. The Bertz CT molecular complexity index is 183. The van der Waals surface area contributed by atoms with Crippen LogP contribution in [0.4, 0.5) is 0 Å². The molecule has 0 bridgehead atoms. The number of carboxylic acids is 1. The molecule has 2 heteroatoms. The van der Waals surface area contributed by atoms with Gasteiger partial charge in [0.2, 0.25) is 0 Å². The summed E-state index contributed by atoms with van der Waals surface area (Å²) in [4.78, 5) is 10.7. The van der Waals surface area contributed by atoms with Gasteiger partial charge in [-0.3, -0.25) is 4.79 Å². The molecule has 0 radical (unpaired) electrons. The molecular weight excluding hydrogens is 164 g/mol. The van der Waals surface area contributed by atoms with E-state index in [-0.39, 0.29) is 5.92 Å². The zero-order chi connectivity index (χ0) is 10.1. The third kappa shape index (κ3) is 2.71. The van der Waals surface area contributed by atoms with Crippen molar-refractivity contribution in [3.8, 4) is 0 Å². The molecule has 1 N–H and O–H groups in total.